The molecule has 34 heavy (non-hydrogen) atoms. The van der Waals surface area contributed by atoms with Gasteiger partial charge < -0.3 is 15.3 Å². The summed E-state index contributed by atoms with van der Waals surface area (Å²) in [6.45, 7) is 3.00. The van der Waals surface area contributed by atoms with Crippen molar-refractivity contribution in [2.24, 2.45) is 17.8 Å². The van der Waals surface area contributed by atoms with Crippen LogP contribution in [-0.4, -0.2) is 53.5 Å². The molecule has 4 rings (SSSR count). The summed E-state index contributed by atoms with van der Waals surface area (Å²) in [5, 5.41) is 13.1. The summed E-state index contributed by atoms with van der Waals surface area (Å²) in [5.74, 6) is 1.14. The van der Waals surface area contributed by atoms with Gasteiger partial charge in [-0.3, -0.25) is 9.59 Å². The Bertz CT molecular complexity index is 798. The second-order valence-electron chi connectivity index (χ2n) is 11.0. The number of carbonyl (C=O) groups excluding carboxylic acids is 2. The van der Waals surface area contributed by atoms with Crippen LogP contribution in [0.3, 0.4) is 0 Å². The molecule has 5 nitrogen and oxygen atoms in total. The van der Waals surface area contributed by atoms with Crippen LogP contribution in [0.4, 0.5) is 4.39 Å². The first-order valence-electron chi connectivity index (χ1n) is 13.5. The van der Waals surface area contributed by atoms with E-state index >= 15 is 0 Å². The molecule has 6 heteroatoms. The molecule has 0 unspecified atom stereocenters. The standard InChI is InChI=1S/C28H41FN2O3/c29-24-8-6-22(7-9-24)28(34)23-13-16-31(17-14-23)15-12-20-4-10-25(11-5-20)30-27(33)19-21-2-1-3-26(32)18-21/h6-9,20-21,23,25-26,32H,1-5,10-19H2,(H,30,33)/t20?,21-,25?,26+/m0/s1. The van der Waals surface area contributed by atoms with Gasteiger partial charge in [-0.15, -0.1) is 0 Å². The smallest absolute Gasteiger partial charge is 0.220 e. The lowest BCUT2D eigenvalue weighted by Crippen LogP contribution is -2.40. The third-order valence-corrected chi connectivity index (χ3v) is 8.38. The third kappa shape index (κ3) is 7.35. The van der Waals surface area contributed by atoms with Crippen molar-refractivity contribution < 1.29 is 19.1 Å². The molecule has 1 aromatic carbocycles. The number of hydrogen-bond acceptors (Lipinski definition) is 4. The Kier molecular flexibility index (Phi) is 9.12. The van der Waals surface area contributed by atoms with Crippen molar-refractivity contribution in [3.63, 3.8) is 0 Å². The molecule has 1 heterocycles. The minimum atomic E-state index is -0.303. The summed E-state index contributed by atoms with van der Waals surface area (Å²) in [7, 11) is 0. The van der Waals surface area contributed by atoms with Gasteiger partial charge >= 0.3 is 0 Å². The van der Waals surface area contributed by atoms with Crippen molar-refractivity contribution in [2.75, 3.05) is 19.6 Å². The van der Waals surface area contributed by atoms with Crippen LogP contribution in [0.15, 0.2) is 24.3 Å². The van der Waals surface area contributed by atoms with Crippen molar-refractivity contribution in [1.82, 2.24) is 10.2 Å². The maximum absolute atomic E-state index is 13.1. The SMILES string of the molecule is O=C(C[C@H]1CCC[C@@H](O)C1)NC1CCC(CCN2CCC(C(=O)c3ccc(F)cc3)CC2)CC1. The van der Waals surface area contributed by atoms with Gasteiger partial charge in [-0.1, -0.05) is 6.42 Å². The van der Waals surface area contributed by atoms with Crippen molar-refractivity contribution in [3.05, 3.63) is 35.6 Å². The van der Waals surface area contributed by atoms with E-state index in [-0.39, 0.29) is 29.5 Å². The van der Waals surface area contributed by atoms with Crippen LogP contribution < -0.4 is 5.32 Å². The molecule has 2 N–H and O–H groups in total. The Morgan fingerprint density at radius 3 is 2.32 bits per heavy atom. The predicted molar refractivity (Wildman–Crippen MR) is 131 cm³/mol. The quantitative estimate of drug-likeness (QED) is 0.537. The van der Waals surface area contributed by atoms with Crippen LogP contribution in [0.1, 0.15) is 87.4 Å². The molecule has 0 spiro atoms. The Morgan fingerprint density at radius 2 is 1.65 bits per heavy atom. The summed E-state index contributed by atoms with van der Waals surface area (Å²) < 4.78 is 13.1. The van der Waals surface area contributed by atoms with Gasteiger partial charge in [0.2, 0.25) is 5.91 Å². The fraction of sp³-hybridized carbons (Fsp3) is 0.714. The Balaban J connectivity index is 1.09. The molecule has 0 aromatic heterocycles. The first-order valence-corrected chi connectivity index (χ1v) is 13.5. The summed E-state index contributed by atoms with van der Waals surface area (Å²) in [4.78, 5) is 27.6. The van der Waals surface area contributed by atoms with Crippen LogP contribution in [0.25, 0.3) is 0 Å². The normalized spacial score (nSPS) is 29.0. The number of likely N-dealkylation sites (tertiary alicyclic amines) is 1. The molecular formula is C28H41FN2O3. The molecule has 1 aromatic rings. The summed E-state index contributed by atoms with van der Waals surface area (Å²) in [5.41, 5.74) is 0.625. The van der Waals surface area contributed by atoms with Crippen LogP contribution in [0.2, 0.25) is 0 Å². The monoisotopic (exact) mass is 472 g/mol. The average molecular weight is 473 g/mol. The highest BCUT2D eigenvalue weighted by atomic mass is 19.1. The Hall–Kier alpha value is -1.79. The van der Waals surface area contributed by atoms with E-state index in [2.05, 4.69) is 10.2 Å². The number of halogens is 1. The van der Waals surface area contributed by atoms with Crippen molar-refractivity contribution in [3.8, 4) is 0 Å². The molecular weight excluding hydrogens is 431 g/mol. The van der Waals surface area contributed by atoms with Gasteiger partial charge in [-0.05, 0) is 120 Å². The molecule has 188 valence electrons. The molecule has 3 fully saturated rings. The fourth-order valence-electron chi connectivity index (χ4n) is 6.23. The van der Waals surface area contributed by atoms with Gasteiger partial charge in [-0.25, -0.2) is 4.39 Å². The van der Waals surface area contributed by atoms with Gasteiger partial charge in [0.25, 0.3) is 0 Å². The molecule has 1 saturated heterocycles. The molecule has 2 saturated carbocycles. The van der Waals surface area contributed by atoms with E-state index in [0.29, 0.717) is 23.9 Å². The van der Waals surface area contributed by atoms with Gasteiger partial charge in [0.05, 0.1) is 6.10 Å². The Labute approximate surface area is 203 Å². The molecule has 0 bridgehead atoms. The van der Waals surface area contributed by atoms with E-state index in [1.165, 1.54) is 31.4 Å². The number of benzene rings is 1. The number of carbonyl (C=O) groups is 2. The topological polar surface area (TPSA) is 69.6 Å². The maximum Gasteiger partial charge on any atom is 0.220 e. The zero-order valence-electron chi connectivity index (χ0n) is 20.4. The number of hydrogen-bond donors (Lipinski definition) is 2. The number of nitrogens with one attached hydrogen (secondary N) is 1. The van der Waals surface area contributed by atoms with Crippen molar-refractivity contribution >= 4 is 11.7 Å². The second-order valence-corrected chi connectivity index (χ2v) is 11.0. The zero-order chi connectivity index (χ0) is 23.9. The summed E-state index contributed by atoms with van der Waals surface area (Å²) in [6, 6.07) is 6.24. The molecule has 1 aliphatic heterocycles. The highest BCUT2D eigenvalue weighted by molar-refractivity contribution is 5.97. The van der Waals surface area contributed by atoms with E-state index in [0.717, 1.165) is 76.9 Å². The number of piperidine rings is 1. The lowest BCUT2D eigenvalue weighted by molar-refractivity contribution is -0.123. The summed E-state index contributed by atoms with van der Waals surface area (Å²) in [6.07, 6.45) is 11.5. The second kappa shape index (κ2) is 12.3. The molecule has 2 atom stereocenters. The van der Waals surface area contributed by atoms with Crippen molar-refractivity contribution in [1.29, 1.82) is 0 Å². The lowest BCUT2D eigenvalue weighted by Gasteiger charge is -2.34. The molecule has 0 radical (unpaired) electrons. The minimum absolute atomic E-state index is 0.0534. The zero-order valence-corrected chi connectivity index (χ0v) is 20.4. The highest BCUT2D eigenvalue weighted by Crippen LogP contribution is 2.30. The van der Waals surface area contributed by atoms with Crippen molar-refractivity contribution in [2.45, 2.75) is 89.2 Å². The number of rotatable bonds is 8. The fourth-order valence-corrected chi connectivity index (χ4v) is 6.23. The highest BCUT2D eigenvalue weighted by Gasteiger charge is 2.28. The third-order valence-electron chi connectivity index (χ3n) is 8.38. The van der Waals surface area contributed by atoms with Gasteiger partial charge in [0.15, 0.2) is 5.78 Å². The predicted octanol–water partition coefficient (Wildman–Crippen LogP) is 4.73. The number of ketones is 1. The Morgan fingerprint density at radius 1 is 0.941 bits per heavy atom. The van der Waals surface area contributed by atoms with Gasteiger partial charge in [0, 0.05) is 23.9 Å². The molecule has 3 aliphatic rings. The van der Waals surface area contributed by atoms with Crippen LogP contribution in [0.5, 0.6) is 0 Å². The number of amides is 1. The van der Waals surface area contributed by atoms with Crippen LogP contribution in [-0.2, 0) is 4.79 Å². The number of aliphatic hydroxyl groups excluding tert-OH is 1. The molecule has 2 aliphatic carbocycles. The van der Waals surface area contributed by atoms with Crippen LogP contribution in [0, 0.1) is 23.6 Å². The van der Waals surface area contributed by atoms with E-state index in [1.807, 2.05) is 0 Å². The first-order chi connectivity index (χ1) is 16.5. The molecule has 1 amide bonds. The van der Waals surface area contributed by atoms with E-state index in [4.69, 9.17) is 0 Å². The number of Topliss-reactive ketones (excluding diaryl/α,β-unsaturated/α-hetero) is 1. The van der Waals surface area contributed by atoms with Crippen LogP contribution >= 0.6 is 0 Å². The average Bonchev–Trinajstić information content (AvgIpc) is 2.84. The first kappa shape index (κ1) is 25.3. The summed E-state index contributed by atoms with van der Waals surface area (Å²) >= 11 is 0. The van der Waals surface area contributed by atoms with E-state index in [1.54, 1.807) is 12.1 Å². The van der Waals surface area contributed by atoms with E-state index in [9.17, 15) is 19.1 Å². The maximum atomic E-state index is 13.1. The largest absolute Gasteiger partial charge is 0.393 e. The van der Waals surface area contributed by atoms with E-state index < -0.39 is 0 Å². The van der Waals surface area contributed by atoms with Gasteiger partial charge in [-0.2, -0.15) is 0 Å². The lowest BCUT2D eigenvalue weighted by atomic mass is 9.83. The van der Waals surface area contributed by atoms with Gasteiger partial charge in [0.1, 0.15) is 5.82 Å². The minimum Gasteiger partial charge on any atom is -0.393 e. The number of nitrogens with zero attached hydrogens (tertiary/aromatic N) is 1. The number of aliphatic hydroxyl groups is 1.